The van der Waals surface area contributed by atoms with Gasteiger partial charge in [-0.2, -0.15) is 0 Å². The number of halogens is 1. The summed E-state index contributed by atoms with van der Waals surface area (Å²) in [5, 5.41) is 22.6. The van der Waals surface area contributed by atoms with Crippen LogP contribution in [0.15, 0.2) is 18.2 Å². The number of nitrogens with one attached hydrogen (secondary N) is 1. The first kappa shape index (κ1) is 13.4. The van der Waals surface area contributed by atoms with Crippen molar-refractivity contribution in [3.05, 3.63) is 34.1 Å². The molecule has 0 amide bonds. The Morgan fingerprint density at radius 1 is 1.53 bits per heavy atom. The van der Waals surface area contributed by atoms with Gasteiger partial charge < -0.3 is 10.4 Å². The summed E-state index contributed by atoms with van der Waals surface area (Å²) in [7, 11) is 0. The number of nitro benzene ring substituents is 1. The van der Waals surface area contributed by atoms with E-state index in [-0.39, 0.29) is 18.0 Å². The first-order chi connectivity index (χ1) is 7.85. The van der Waals surface area contributed by atoms with Crippen LogP contribution in [0.5, 0.6) is 0 Å². The molecule has 1 aromatic carbocycles. The third kappa shape index (κ3) is 3.67. The maximum atomic E-state index is 12.9. The highest BCUT2D eigenvalue weighted by Crippen LogP contribution is 2.26. The summed E-state index contributed by atoms with van der Waals surface area (Å²) in [5.41, 5.74) is -0.459. The molecule has 0 saturated carbocycles. The maximum Gasteiger partial charge on any atom is 0.295 e. The van der Waals surface area contributed by atoms with E-state index < -0.39 is 16.2 Å². The van der Waals surface area contributed by atoms with Crippen molar-refractivity contribution >= 4 is 11.4 Å². The van der Waals surface area contributed by atoms with Crippen molar-refractivity contribution in [2.45, 2.75) is 13.8 Å². The van der Waals surface area contributed by atoms with E-state index in [0.29, 0.717) is 6.54 Å². The average molecular weight is 242 g/mol. The molecule has 2 N–H and O–H groups in total. The second kappa shape index (κ2) is 5.09. The van der Waals surface area contributed by atoms with Gasteiger partial charge in [0.15, 0.2) is 0 Å². The van der Waals surface area contributed by atoms with Crippen LogP contribution in [0.3, 0.4) is 0 Å². The first-order valence-electron chi connectivity index (χ1n) is 5.14. The van der Waals surface area contributed by atoms with Gasteiger partial charge in [-0.1, -0.05) is 13.8 Å². The molecule has 0 fully saturated rings. The lowest BCUT2D eigenvalue weighted by atomic mass is 9.95. The zero-order valence-corrected chi connectivity index (χ0v) is 9.74. The number of hydrogen-bond donors (Lipinski definition) is 2. The Kier molecular flexibility index (Phi) is 4.01. The van der Waals surface area contributed by atoms with Crippen molar-refractivity contribution in [3.63, 3.8) is 0 Å². The van der Waals surface area contributed by atoms with E-state index in [4.69, 9.17) is 5.11 Å². The number of aliphatic hydroxyl groups excluding tert-OH is 1. The Morgan fingerprint density at radius 2 is 2.18 bits per heavy atom. The lowest BCUT2D eigenvalue weighted by molar-refractivity contribution is -0.384. The molecule has 1 aromatic rings. The molecule has 0 aromatic heterocycles. The van der Waals surface area contributed by atoms with E-state index >= 15 is 0 Å². The van der Waals surface area contributed by atoms with Crippen LogP contribution in [0.4, 0.5) is 15.8 Å². The Labute approximate surface area is 98.4 Å². The van der Waals surface area contributed by atoms with E-state index in [1.807, 2.05) is 13.8 Å². The molecule has 1 rings (SSSR count). The van der Waals surface area contributed by atoms with Crippen LogP contribution in [0.25, 0.3) is 0 Å². The minimum atomic E-state index is -0.649. The van der Waals surface area contributed by atoms with Gasteiger partial charge in [-0.15, -0.1) is 0 Å². The Bertz CT molecular complexity index is 421. The van der Waals surface area contributed by atoms with Gasteiger partial charge >= 0.3 is 0 Å². The molecule has 5 nitrogen and oxygen atoms in total. The lowest BCUT2D eigenvalue weighted by Gasteiger charge is -2.22. The minimum absolute atomic E-state index is 0.0466. The van der Waals surface area contributed by atoms with E-state index in [0.717, 1.165) is 12.1 Å². The van der Waals surface area contributed by atoms with E-state index in [1.54, 1.807) is 0 Å². The highest BCUT2D eigenvalue weighted by Gasteiger charge is 2.19. The number of rotatable bonds is 5. The standard InChI is InChI=1S/C11H15FN2O3/c1-11(2,7-15)6-13-9-4-3-8(12)5-10(9)14(16)17/h3-5,13,15H,6-7H2,1-2H3. The predicted molar refractivity (Wildman–Crippen MR) is 62.4 cm³/mol. The van der Waals surface area contributed by atoms with Crippen LogP contribution in [0.1, 0.15) is 13.8 Å². The highest BCUT2D eigenvalue weighted by atomic mass is 19.1. The smallest absolute Gasteiger partial charge is 0.295 e. The molecule has 0 spiro atoms. The number of nitro groups is 1. The monoisotopic (exact) mass is 242 g/mol. The van der Waals surface area contributed by atoms with Crippen LogP contribution >= 0.6 is 0 Å². The third-order valence-electron chi connectivity index (χ3n) is 2.34. The van der Waals surface area contributed by atoms with Crippen molar-refractivity contribution in [1.29, 1.82) is 0 Å². The molecule has 0 aliphatic carbocycles. The van der Waals surface area contributed by atoms with E-state index in [9.17, 15) is 14.5 Å². The average Bonchev–Trinajstić information content (AvgIpc) is 2.27. The maximum absolute atomic E-state index is 12.9. The zero-order chi connectivity index (χ0) is 13.1. The number of anilines is 1. The molecule has 0 radical (unpaired) electrons. The molecule has 6 heteroatoms. The van der Waals surface area contributed by atoms with Crippen molar-refractivity contribution in [2.75, 3.05) is 18.5 Å². The fourth-order valence-corrected chi connectivity index (χ4v) is 1.20. The van der Waals surface area contributed by atoms with Gasteiger partial charge in [0.1, 0.15) is 11.5 Å². The second-order valence-corrected chi connectivity index (χ2v) is 4.59. The number of nitrogens with zero attached hydrogens (tertiary/aromatic N) is 1. The second-order valence-electron chi connectivity index (χ2n) is 4.59. The molecular formula is C11H15FN2O3. The molecule has 0 aliphatic rings. The van der Waals surface area contributed by atoms with Gasteiger partial charge in [0.05, 0.1) is 11.0 Å². The summed E-state index contributed by atoms with van der Waals surface area (Å²) in [4.78, 5) is 10.1. The van der Waals surface area contributed by atoms with Gasteiger partial charge in [0.2, 0.25) is 0 Å². The molecule has 0 heterocycles. The lowest BCUT2D eigenvalue weighted by Crippen LogP contribution is -2.27. The van der Waals surface area contributed by atoms with Crippen LogP contribution in [-0.2, 0) is 0 Å². The van der Waals surface area contributed by atoms with Gasteiger partial charge in [-0.3, -0.25) is 10.1 Å². The Hall–Kier alpha value is -1.69. The summed E-state index contributed by atoms with van der Waals surface area (Å²) in [6.07, 6.45) is 0. The van der Waals surface area contributed by atoms with Crippen LogP contribution in [0, 0.1) is 21.3 Å². The minimum Gasteiger partial charge on any atom is -0.396 e. The highest BCUT2D eigenvalue weighted by molar-refractivity contribution is 5.61. The van der Waals surface area contributed by atoms with Gasteiger partial charge in [0, 0.05) is 18.6 Å². The van der Waals surface area contributed by atoms with Gasteiger partial charge in [-0.25, -0.2) is 4.39 Å². The van der Waals surface area contributed by atoms with Crippen LogP contribution in [0.2, 0.25) is 0 Å². The Balaban J connectivity index is 2.88. The largest absolute Gasteiger partial charge is 0.396 e. The Morgan fingerprint density at radius 3 is 2.71 bits per heavy atom. The number of aliphatic hydroxyl groups is 1. The summed E-state index contributed by atoms with van der Waals surface area (Å²) in [6.45, 7) is 3.94. The van der Waals surface area contributed by atoms with E-state index in [2.05, 4.69) is 5.32 Å². The molecule has 94 valence electrons. The van der Waals surface area contributed by atoms with Crippen molar-refractivity contribution < 1.29 is 14.4 Å². The summed E-state index contributed by atoms with van der Waals surface area (Å²) in [5.74, 6) is -0.649. The van der Waals surface area contributed by atoms with Crippen molar-refractivity contribution in [3.8, 4) is 0 Å². The van der Waals surface area contributed by atoms with Crippen LogP contribution in [-0.4, -0.2) is 23.2 Å². The first-order valence-corrected chi connectivity index (χ1v) is 5.14. The zero-order valence-electron chi connectivity index (χ0n) is 9.74. The molecule has 0 atom stereocenters. The predicted octanol–water partition coefficient (Wildman–Crippen LogP) is 2.16. The topological polar surface area (TPSA) is 75.4 Å². The quantitative estimate of drug-likeness (QED) is 0.613. The van der Waals surface area contributed by atoms with Gasteiger partial charge in [-0.05, 0) is 12.1 Å². The third-order valence-corrected chi connectivity index (χ3v) is 2.34. The molecule has 0 saturated heterocycles. The molecule has 0 aliphatic heterocycles. The van der Waals surface area contributed by atoms with Crippen molar-refractivity contribution in [1.82, 2.24) is 0 Å². The SMILES string of the molecule is CC(C)(CO)CNc1ccc(F)cc1[N+](=O)[O-]. The fourth-order valence-electron chi connectivity index (χ4n) is 1.20. The molecule has 0 unspecified atom stereocenters. The summed E-state index contributed by atoms with van der Waals surface area (Å²) >= 11 is 0. The number of benzene rings is 1. The van der Waals surface area contributed by atoms with Crippen molar-refractivity contribution in [2.24, 2.45) is 5.41 Å². The number of hydrogen-bond acceptors (Lipinski definition) is 4. The molecule has 0 bridgehead atoms. The fraction of sp³-hybridized carbons (Fsp3) is 0.455. The van der Waals surface area contributed by atoms with Crippen LogP contribution < -0.4 is 5.32 Å². The normalized spacial score (nSPS) is 11.3. The molecule has 17 heavy (non-hydrogen) atoms. The van der Waals surface area contributed by atoms with E-state index in [1.165, 1.54) is 6.07 Å². The summed E-state index contributed by atoms with van der Waals surface area (Å²) < 4.78 is 12.9. The molecular weight excluding hydrogens is 227 g/mol. The summed E-state index contributed by atoms with van der Waals surface area (Å²) in [6, 6.07) is 3.34. The van der Waals surface area contributed by atoms with Gasteiger partial charge in [0.25, 0.3) is 5.69 Å².